The molecule has 1 aliphatic rings. The molecule has 0 aliphatic carbocycles. The molecule has 3 heterocycles. The standard InChI is InChI=1S/C19H19N7O5/c1-29-19-22-17(21-18(23-19)25-8-10-30-11-9-25)24-20-12-15-6-7-16(31-15)13-2-4-14(5-3-13)26(27)28/h2-7,12H,8-11H2,1H3,(H,21,22,23,24)/b20-12+. The molecule has 1 aromatic carbocycles. The molecule has 1 fully saturated rings. The van der Waals surface area contributed by atoms with Gasteiger partial charge in [-0.05, 0) is 24.3 Å². The number of nitrogens with one attached hydrogen (secondary N) is 1. The van der Waals surface area contributed by atoms with Gasteiger partial charge in [0, 0.05) is 30.8 Å². The fourth-order valence-electron chi connectivity index (χ4n) is 2.87. The fourth-order valence-corrected chi connectivity index (χ4v) is 2.87. The van der Waals surface area contributed by atoms with Crippen molar-refractivity contribution in [1.29, 1.82) is 0 Å². The Kier molecular flexibility index (Phi) is 5.98. The van der Waals surface area contributed by atoms with Crippen LogP contribution in [0.4, 0.5) is 17.6 Å². The molecule has 1 saturated heterocycles. The van der Waals surface area contributed by atoms with E-state index in [2.05, 4.69) is 25.5 Å². The predicted octanol–water partition coefficient (Wildman–Crippen LogP) is 2.33. The van der Waals surface area contributed by atoms with Gasteiger partial charge in [-0.15, -0.1) is 0 Å². The average molecular weight is 425 g/mol. The van der Waals surface area contributed by atoms with Crippen molar-refractivity contribution in [1.82, 2.24) is 15.0 Å². The number of hydrazone groups is 1. The summed E-state index contributed by atoms with van der Waals surface area (Å²) in [7, 11) is 1.48. The molecule has 0 amide bonds. The second-order valence-corrected chi connectivity index (χ2v) is 6.42. The lowest BCUT2D eigenvalue weighted by Gasteiger charge is -2.26. The molecule has 2 aromatic heterocycles. The summed E-state index contributed by atoms with van der Waals surface area (Å²) in [6.07, 6.45) is 1.47. The first-order chi connectivity index (χ1) is 15.1. The average Bonchev–Trinajstić information content (AvgIpc) is 3.28. The molecule has 0 radical (unpaired) electrons. The number of nitro benzene ring substituents is 1. The Labute approximate surface area is 176 Å². The van der Waals surface area contributed by atoms with Gasteiger partial charge in [0.1, 0.15) is 11.5 Å². The number of aromatic nitrogens is 3. The lowest BCUT2D eigenvalue weighted by molar-refractivity contribution is -0.384. The maximum absolute atomic E-state index is 10.8. The number of furan rings is 1. The van der Waals surface area contributed by atoms with Crippen LogP contribution < -0.4 is 15.1 Å². The number of nitrogens with zero attached hydrogens (tertiary/aromatic N) is 6. The third-order valence-electron chi connectivity index (χ3n) is 4.43. The molecular weight excluding hydrogens is 406 g/mol. The van der Waals surface area contributed by atoms with Crippen LogP contribution in [-0.4, -0.2) is 59.5 Å². The smallest absolute Gasteiger partial charge is 0.322 e. The van der Waals surface area contributed by atoms with Crippen molar-refractivity contribution in [2.45, 2.75) is 0 Å². The molecule has 0 spiro atoms. The highest BCUT2D eigenvalue weighted by Gasteiger charge is 2.16. The number of hydrogen-bond acceptors (Lipinski definition) is 11. The van der Waals surface area contributed by atoms with Crippen LogP contribution in [0.2, 0.25) is 0 Å². The fraction of sp³-hybridized carbons (Fsp3) is 0.263. The summed E-state index contributed by atoms with van der Waals surface area (Å²) < 4.78 is 16.2. The van der Waals surface area contributed by atoms with E-state index in [0.29, 0.717) is 43.8 Å². The molecule has 0 saturated carbocycles. The largest absolute Gasteiger partial charge is 0.467 e. The number of non-ortho nitro benzene ring substituents is 1. The van der Waals surface area contributed by atoms with Crippen molar-refractivity contribution >= 4 is 23.8 Å². The molecule has 0 atom stereocenters. The second-order valence-electron chi connectivity index (χ2n) is 6.42. The number of anilines is 2. The third-order valence-corrected chi connectivity index (χ3v) is 4.43. The number of ether oxygens (including phenoxy) is 2. The van der Waals surface area contributed by atoms with Crippen LogP contribution in [-0.2, 0) is 4.74 Å². The van der Waals surface area contributed by atoms with E-state index in [0.717, 1.165) is 5.56 Å². The summed E-state index contributed by atoms with van der Waals surface area (Å²) >= 11 is 0. The normalized spacial score (nSPS) is 14.0. The highest BCUT2D eigenvalue weighted by atomic mass is 16.6. The van der Waals surface area contributed by atoms with Crippen LogP contribution in [0, 0.1) is 10.1 Å². The van der Waals surface area contributed by atoms with Crippen molar-refractivity contribution in [2.24, 2.45) is 5.10 Å². The highest BCUT2D eigenvalue weighted by molar-refractivity contribution is 5.78. The zero-order chi connectivity index (χ0) is 21.6. The molecule has 3 aromatic rings. The molecule has 0 unspecified atom stereocenters. The minimum absolute atomic E-state index is 0.0190. The number of methoxy groups -OCH3 is 1. The predicted molar refractivity (Wildman–Crippen MR) is 111 cm³/mol. The Morgan fingerprint density at radius 1 is 1.16 bits per heavy atom. The lowest BCUT2D eigenvalue weighted by atomic mass is 10.1. The van der Waals surface area contributed by atoms with E-state index in [4.69, 9.17) is 13.9 Å². The van der Waals surface area contributed by atoms with E-state index in [-0.39, 0.29) is 17.6 Å². The molecular formula is C19H19N7O5. The number of rotatable bonds is 7. The van der Waals surface area contributed by atoms with Crippen molar-refractivity contribution in [2.75, 3.05) is 43.7 Å². The van der Waals surface area contributed by atoms with E-state index in [1.165, 1.54) is 25.5 Å². The van der Waals surface area contributed by atoms with Crippen LogP contribution >= 0.6 is 0 Å². The first-order valence-corrected chi connectivity index (χ1v) is 9.39. The maximum atomic E-state index is 10.8. The van der Waals surface area contributed by atoms with Gasteiger partial charge in [0.25, 0.3) is 11.6 Å². The van der Waals surface area contributed by atoms with Crippen molar-refractivity contribution in [3.05, 3.63) is 52.3 Å². The van der Waals surface area contributed by atoms with Crippen LogP contribution in [0.3, 0.4) is 0 Å². The van der Waals surface area contributed by atoms with Gasteiger partial charge in [-0.2, -0.15) is 20.1 Å². The summed E-state index contributed by atoms with van der Waals surface area (Å²) in [5.41, 5.74) is 3.49. The van der Waals surface area contributed by atoms with Gasteiger partial charge in [0.15, 0.2) is 0 Å². The Morgan fingerprint density at radius 2 is 1.94 bits per heavy atom. The Morgan fingerprint density at radius 3 is 2.65 bits per heavy atom. The van der Waals surface area contributed by atoms with Gasteiger partial charge in [0.2, 0.25) is 5.95 Å². The summed E-state index contributed by atoms with van der Waals surface area (Å²) in [5.74, 6) is 1.75. The second kappa shape index (κ2) is 9.17. The van der Waals surface area contributed by atoms with Crippen LogP contribution in [0.1, 0.15) is 5.76 Å². The minimum atomic E-state index is -0.448. The Bertz CT molecular complexity index is 1080. The number of hydrogen-bond donors (Lipinski definition) is 1. The van der Waals surface area contributed by atoms with E-state index in [9.17, 15) is 10.1 Å². The first kappa shape index (κ1) is 20.2. The summed E-state index contributed by atoms with van der Waals surface area (Å²) in [6, 6.07) is 9.76. The summed E-state index contributed by atoms with van der Waals surface area (Å²) in [4.78, 5) is 25.1. The molecule has 160 valence electrons. The first-order valence-electron chi connectivity index (χ1n) is 9.39. The van der Waals surface area contributed by atoms with Crippen molar-refractivity contribution < 1.29 is 18.8 Å². The summed E-state index contributed by atoms with van der Waals surface area (Å²) in [6.45, 7) is 2.55. The van der Waals surface area contributed by atoms with Gasteiger partial charge in [0.05, 0.1) is 31.5 Å². The lowest BCUT2D eigenvalue weighted by Crippen LogP contribution is -2.37. The van der Waals surface area contributed by atoms with E-state index in [1.54, 1.807) is 24.3 Å². The van der Waals surface area contributed by atoms with Crippen LogP contribution in [0.25, 0.3) is 11.3 Å². The molecule has 0 bridgehead atoms. The quantitative estimate of drug-likeness (QED) is 0.340. The van der Waals surface area contributed by atoms with Crippen LogP contribution in [0.15, 0.2) is 45.9 Å². The van der Waals surface area contributed by atoms with Gasteiger partial charge < -0.3 is 18.8 Å². The Balaban J connectivity index is 1.44. The SMILES string of the molecule is COc1nc(N/N=C/c2ccc(-c3ccc([N+](=O)[O-])cc3)o2)nc(N2CCOCC2)n1. The number of morpholine rings is 1. The number of nitro groups is 1. The Hall–Kier alpha value is -4.06. The molecule has 1 N–H and O–H groups in total. The van der Waals surface area contributed by atoms with Crippen LogP contribution in [0.5, 0.6) is 6.01 Å². The van der Waals surface area contributed by atoms with E-state index in [1.807, 2.05) is 4.90 Å². The summed E-state index contributed by atoms with van der Waals surface area (Å²) in [5, 5.41) is 14.9. The van der Waals surface area contributed by atoms with Gasteiger partial charge in [-0.25, -0.2) is 5.43 Å². The zero-order valence-corrected chi connectivity index (χ0v) is 16.6. The third kappa shape index (κ3) is 4.93. The molecule has 12 nitrogen and oxygen atoms in total. The molecule has 1 aliphatic heterocycles. The topological polar surface area (TPSA) is 141 Å². The number of benzene rings is 1. The van der Waals surface area contributed by atoms with Gasteiger partial charge >= 0.3 is 6.01 Å². The van der Waals surface area contributed by atoms with Gasteiger partial charge in [-0.3, -0.25) is 10.1 Å². The molecule has 4 rings (SSSR count). The minimum Gasteiger partial charge on any atom is -0.467 e. The molecule has 31 heavy (non-hydrogen) atoms. The van der Waals surface area contributed by atoms with Crippen molar-refractivity contribution in [3.8, 4) is 17.3 Å². The maximum Gasteiger partial charge on any atom is 0.322 e. The monoisotopic (exact) mass is 425 g/mol. The van der Waals surface area contributed by atoms with Crippen molar-refractivity contribution in [3.63, 3.8) is 0 Å². The van der Waals surface area contributed by atoms with E-state index < -0.39 is 4.92 Å². The van der Waals surface area contributed by atoms with E-state index >= 15 is 0 Å². The molecule has 12 heteroatoms. The highest BCUT2D eigenvalue weighted by Crippen LogP contribution is 2.24. The zero-order valence-electron chi connectivity index (χ0n) is 16.6. The van der Waals surface area contributed by atoms with Gasteiger partial charge in [-0.1, -0.05) is 0 Å².